The van der Waals surface area contributed by atoms with E-state index in [-0.39, 0.29) is 0 Å². The molecule has 0 radical (unpaired) electrons. The van der Waals surface area contributed by atoms with Gasteiger partial charge in [0.1, 0.15) is 0 Å². The third-order valence-corrected chi connectivity index (χ3v) is 2.99. The van der Waals surface area contributed by atoms with Gasteiger partial charge in [-0.2, -0.15) is 0 Å². The first-order chi connectivity index (χ1) is 10.3. The maximum absolute atomic E-state index is 5.57. The van der Waals surface area contributed by atoms with Crippen LogP contribution in [0.4, 0.5) is 5.69 Å². The highest BCUT2D eigenvalue weighted by molar-refractivity contribution is 5.49. The first-order valence-corrected chi connectivity index (χ1v) is 6.81. The summed E-state index contributed by atoms with van der Waals surface area (Å²) in [5.74, 6) is 2.11. The number of benzene rings is 1. The topological polar surface area (TPSA) is 52.6 Å². The van der Waals surface area contributed by atoms with Crippen molar-refractivity contribution in [3.8, 4) is 17.4 Å². The Balaban J connectivity index is 2.09. The molecule has 2 aromatic rings. The van der Waals surface area contributed by atoms with E-state index < -0.39 is 0 Å². The second-order valence-electron chi connectivity index (χ2n) is 4.32. The lowest BCUT2D eigenvalue weighted by atomic mass is 10.2. The molecule has 0 aliphatic carbocycles. The van der Waals surface area contributed by atoms with Crippen LogP contribution in [0.1, 0.15) is 12.5 Å². The lowest BCUT2D eigenvalue weighted by Gasteiger charge is -2.14. The number of para-hydroxylation sites is 1. The lowest BCUT2D eigenvalue weighted by molar-refractivity contribution is 0.309. The first kappa shape index (κ1) is 15.0. The highest BCUT2D eigenvalue weighted by Crippen LogP contribution is 2.31. The molecule has 0 amide bonds. The Morgan fingerprint density at radius 3 is 2.57 bits per heavy atom. The molecule has 1 N–H and O–H groups in total. The Morgan fingerprint density at radius 2 is 1.95 bits per heavy atom. The highest BCUT2D eigenvalue weighted by Gasteiger charge is 2.09. The minimum absolute atomic E-state index is 0.594. The van der Waals surface area contributed by atoms with Crippen molar-refractivity contribution in [2.75, 3.05) is 26.1 Å². The van der Waals surface area contributed by atoms with Crippen LogP contribution in [-0.2, 0) is 6.54 Å². The van der Waals surface area contributed by atoms with E-state index in [1.165, 1.54) is 0 Å². The standard InChI is InChI=1S/C16H20N2O3/c1-4-21-14-7-5-6-12(16(14)20-3)10-17-13-8-9-15(19-2)18-11-13/h5-9,11,17H,4,10H2,1-3H3. The Labute approximate surface area is 124 Å². The van der Waals surface area contributed by atoms with Crippen molar-refractivity contribution in [2.45, 2.75) is 13.5 Å². The van der Waals surface area contributed by atoms with Crippen LogP contribution in [0.3, 0.4) is 0 Å². The molecule has 5 heteroatoms. The number of rotatable bonds is 7. The van der Waals surface area contributed by atoms with Crippen LogP contribution < -0.4 is 19.5 Å². The zero-order valence-electron chi connectivity index (χ0n) is 12.6. The van der Waals surface area contributed by atoms with Gasteiger partial charge in [-0.25, -0.2) is 4.98 Å². The van der Waals surface area contributed by atoms with Crippen molar-refractivity contribution in [3.63, 3.8) is 0 Å². The van der Waals surface area contributed by atoms with E-state index in [1.807, 2.05) is 37.3 Å². The second-order valence-corrected chi connectivity index (χ2v) is 4.32. The van der Waals surface area contributed by atoms with E-state index >= 15 is 0 Å². The number of aromatic nitrogens is 1. The van der Waals surface area contributed by atoms with Gasteiger partial charge in [-0.1, -0.05) is 12.1 Å². The maximum Gasteiger partial charge on any atom is 0.213 e. The summed E-state index contributed by atoms with van der Waals surface area (Å²) < 4.78 is 16.1. The fourth-order valence-electron chi connectivity index (χ4n) is 2.00. The number of nitrogens with zero attached hydrogens (tertiary/aromatic N) is 1. The summed E-state index contributed by atoms with van der Waals surface area (Å²) in [5.41, 5.74) is 1.94. The monoisotopic (exact) mass is 288 g/mol. The van der Waals surface area contributed by atoms with Crippen LogP contribution in [0.25, 0.3) is 0 Å². The average molecular weight is 288 g/mol. The van der Waals surface area contributed by atoms with Gasteiger partial charge in [0, 0.05) is 18.2 Å². The molecule has 112 valence electrons. The zero-order valence-corrected chi connectivity index (χ0v) is 12.6. The van der Waals surface area contributed by atoms with Gasteiger partial charge in [0.15, 0.2) is 11.5 Å². The van der Waals surface area contributed by atoms with Gasteiger partial charge < -0.3 is 19.5 Å². The normalized spacial score (nSPS) is 10.0. The second kappa shape index (κ2) is 7.38. The average Bonchev–Trinajstić information content (AvgIpc) is 2.54. The summed E-state index contributed by atoms with van der Waals surface area (Å²) in [6.45, 7) is 3.18. The molecule has 0 aliphatic rings. The molecule has 0 spiro atoms. The van der Waals surface area contributed by atoms with Crippen molar-refractivity contribution < 1.29 is 14.2 Å². The minimum atomic E-state index is 0.594. The first-order valence-electron chi connectivity index (χ1n) is 6.81. The predicted octanol–water partition coefficient (Wildman–Crippen LogP) is 3.11. The quantitative estimate of drug-likeness (QED) is 0.848. The summed E-state index contributed by atoms with van der Waals surface area (Å²) in [7, 11) is 3.25. The van der Waals surface area contributed by atoms with Gasteiger partial charge in [0.05, 0.1) is 32.7 Å². The van der Waals surface area contributed by atoms with Gasteiger partial charge in [0.2, 0.25) is 5.88 Å². The predicted molar refractivity (Wildman–Crippen MR) is 82.3 cm³/mol. The molecule has 1 aromatic carbocycles. The van der Waals surface area contributed by atoms with Crippen LogP contribution in [-0.4, -0.2) is 25.8 Å². The lowest BCUT2D eigenvalue weighted by Crippen LogP contribution is -2.04. The fourth-order valence-corrected chi connectivity index (χ4v) is 2.00. The van der Waals surface area contributed by atoms with Gasteiger partial charge in [-0.15, -0.1) is 0 Å². The van der Waals surface area contributed by atoms with Crippen LogP contribution >= 0.6 is 0 Å². The van der Waals surface area contributed by atoms with Crippen LogP contribution in [0.2, 0.25) is 0 Å². The molecule has 0 fully saturated rings. The van der Waals surface area contributed by atoms with Gasteiger partial charge in [-0.05, 0) is 19.1 Å². The van der Waals surface area contributed by atoms with E-state index in [4.69, 9.17) is 14.2 Å². The smallest absolute Gasteiger partial charge is 0.213 e. The summed E-state index contributed by atoms with van der Waals surface area (Å²) in [4.78, 5) is 4.16. The Bertz CT molecular complexity index is 570. The van der Waals surface area contributed by atoms with Crippen LogP contribution in [0.15, 0.2) is 36.5 Å². The molecule has 5 nitrogen and oxygen atoms in total. The number of hydrogen-bond acceptors (Lipinski definition) is 5. The molecular weight excluding hydrogens is 268 g/mol. The number of ether oxygens (including phenoxy) is 3. The number of pyridine rings is 1. The van der Waals surface area contributed by atoms with Gasteiger partial charge in [0.25, 0.3) is 0 Å². The third kappa shape index (κ3) is 3.78. The van der Waals surface area contributed by atoms with Crippen molar-refractivity contribution in [2.24, 2.45) is 0 Å². The Hall–Kier alpha value is -2.43. The van der Waals surface area contributed by atoms with E-state index in [0.29, 0.717) is 19.0 Å². The summed E-state index contributed by atoms with van der Waals surface area (Å²) in [6.07, 6.45) is 1.73. The number of methoxy groups -OCH3 is 2. The molecule has 0 aliphatic heterocycles. The molecule has 1 aromatic heterocycles. The third-order valence-electron chi connectivity index (χ3n) is 2.99. The van der Waals surface area contributed by atoms with E-state index in [0.717, 1.165) is 22.7 Å². The van der Waals surface area contributed by atoms with E-state index in [1.54, 1.807) is 20.4 Å². The summed E-state index contributed by atoms with van der Waals surface area (Å²) in [6, 6.07) is 9.60. The van der Waals surface area contributed by atoms with Crippen LogP contribution in [0, 0.1) is 0 Å². The fraction of sp³-hybridized carbons (Fsp3) is 0.312. The summed E-state index contributed by atoms with van der Waals surface area (Å²) in [5, 5.41) is 3.30. The molecule has 0 atom stereocenters. The minimum Gasteiger partial charge on any atom is -0.493 e. The van der Waals surface area contributed by atoms with Crippen molar-refractivity contribution in [3.05, 3.63) is 42.1 Å². The molecule has 0 saturated carbocycles. The van der Waals surface area contributed by atoms with Crippen LogP contribution in [0.5, 0.6) is 17.4 Å². The SMILES string of the molecule is CCOc1cccc(CNc2ccc(OC)nc2)c1OC. The number of nitrogens with one attached hydrogen (secondary N) is 1. The molecular formula is C16H20N2O3. The molecule has 0 unspecified atom stereocenters. The molecule has 2 rings (SSSR count). The van der Waals surface area contributed by atoms with Gasteiger partial charge >= 0.3 is 0 Å². The Morgan fingerprint density at radius 1 is 1.10 bits per heavy atom. The largest absolute Gasteiger partial charge is 0.493 e. The van der Waals surface area contributed by atoms with Crippen molar-refractivity contribution in [1.29, 1.82) is 0 Å². The maximum atomic E-state index is 5.57. The highest BCUT2D eigenvalue weighted by atomic mass is 16.5. The van der Waals surface area contributed by atoms with E-state index in [2.05, 4.69) is 10.3 Å². The molecule has 0 bridgehead atoms. The molecule has 0 saturated heterocycles. The molecule has 21 heavy (non-hydrogen) atoms. The number of hydrogen-bond donors (Lipinski definition) is 1. The Kier molecular flexibility index (Phi) is 5.26. The van der Waals surface area contributed by atoms with Gasteiger partial charge in [-0.3, -0.25) is 0 Å². The summed E-state index contributed by atoms with van der Waals surface area (Å²) >= 11 is 0. The van der Waals surface area contributed by atoms with Crippen molar-refractivity contribution in [1.82, 2.24) is 4.98 Å². The molecule has 1 heterocycles. The number of anilines is 1. The zero-order chi connectivity index (χ0) is 15.1. The van der Waals surface area contributed by atoms with Crippen molar-refractivity contribution >= 4 is 5.69 Å². The van der Waals surface area contributed by atoms with E-state index in [9.17, 15) is 0 Å².